The third-order valence-corrected chi connectivity index (χ3v) is 2.42. The summed E-state index contributed by atoms with van der Waals surface area (Å²) in [5, 5.41) is 3.34. The monoisotopic (exact) mass is 210 g/mol. The summed E-state index contributed by atoms with van der Waals surface area (Å²) in [5.74, 6) is 1.17. The van der Waals surface area contributed by atoms with Gasteiger partial charge in [-0.05, 0) is 19.3 Å². The van der Waals surface area contributed by atoms with Crippen molar-refractivity contribution in [3.63, 3.8) is 0 Å². The van der Waals surface area contributed by atoms with E-state index in [1.54, 1.807) is 0 Å². The van der Waals surface area contributed by atoms with E-state index in [1.165, 1.54) is 25.1 Å². The van der Waals surface area contributed by atoms with Gasteiger partial charge < -0.3 is 10.1 Å². The first-order valence-corrected chi connectivity index (χ1v) is 5.89. The SMILES string of the molecule is C=CCCOCCNC1=NCCCCC1. The van der Waals surface area contributed by atoms with E-state index in [-0.39, 0.29) is 0 Å². The van der Waals surface area contributed by atoms with Gasteiger partial charge >= 0.3 is 0 Å². The minimum absolute atomic E-state index is 0.757. The third-order valence-electron chi connectivity index (χ3n) is 2.42. The zero-order valence-corrected chi connectivity index (χ0v) is 9.50. The number of ether oxygens (including phenoxy) is 1. The Balaban J connectivity index is 1.98. The molecule has 0 amide bonds. The number of amidine groups is 1. The van der Waals surface area contributed by atoms with Crippen molar-refractivity contribution in [2.24, 2.45) is 4.99 Å². The number of nitrogens with zero attached hydrogens (tertiary/aromatic N) is 1. The fraction of sp³-hybridized carbons (Fsp3) is 0.750. The van der Waals surface area contributed by atoms with Gasteiger partial charge in [0.15, 0.2) is 0 Å². The lowest BCUT2D eigenvalue weighted by atomic mass is 10.2. The van der Waals surface area contributed by atoms with Crippen molar-refractivity contribution in [1.82, 2.24) is 5.32 Å². The first-order valence-electron chi connectivity index (χ1n) is 5.89. The van der Waals surface area contributed by atoms with Crippen LogP contribution in [0.25, 0.3) is 0 Å². The van der Waals surface area contributed by atoms with Gasteiger partial charge in [0.1, 0.15) is 0 Å². The number of aliphatic imine (C=N–C) groups is 1. The molecule has 1 aliphatic rings. The summed E-state index contributed by atoms with van der Waals surface area (Å²) in [5.41, 5.74) is 0. The highest BCUT2D eigenvalue weighted by Crippen LogP contribution is 2.05. The lowest BCUT2D eigenvalue weighted by molar-refractivity contribution is 0.143. The maximum atomic E-state index is 5.41. The Morgan fingerprint density at radius 3 is 3.13 bits per heavy atom. The third kappa shape index (κ3) is 6.28. The average Bonchev–Trinajstić information content (AvgIpc) is 2.52. The van der Waals surface area contributed by atoms with Gasteiger partial charge in [-0.1, -0.05) is 12.5 Å². The molecule has 0 atom stereocenters. The Morgan fingerprint density at radius 2 is 2.27 bits per heavy atom. The molecule has 0 aromatic carbocycles. The second kappa shape index (κ2) is 8.48. The van der Waals surface area contributed by atoms with Gasteiger partial charge in [-0.2, -0.15) is 0 Å². The fourth-order valence-corrected chi connectivity index (χ4v) is 1.55. The number of nitrogens with one attached hydrogen (secondary N) is 1. The highest BCUT2D eigenvalue weighted by Gasteiger charge is 2.02. The molecule has 0 bridgehead atoms. The molecule has 3 nitrogen and oxygen atoms in total. The molecule has 0 radical (unpaired) electrons. The van der Waals surface area contributed by atoms with Crippen LogP contribution in [-0.2, 0) is 4.74 Å². The molecule has 0 saturated carbocycles. The van der Waals surface area contributed by atoms with Crippen LogP contribution in [0.1, 0.15) is 32.1 Å². The van der Waals surface area contributed by atoms with E-state index in [0.29, 0.717) is 0 Å². The molecular weight excluding hydrogens is 188 g/mol. The molecule has 0 saturated heterocycles. The van der Waals surface area contributed by atoms with Crippen LogP contribution >= 0.6 is 0 Å². The molecule has 0 aromatic heterocycles. The molecule has 1 aliphatic heterocycles. The van der Waals surface area contributed by atoms with Crippen molar-refractivity contribution in [3.05, 3.63) is 12.7 Å². The van der Waals surface area contributed by atoms with Crippen LogP contribution in [0.2, 0.25) is 0 Å². The van der Waals surface area contributed by atoms with Crippen LogP contribution in [0.4, 0.5) is 0 Å². The molecule has 0 aliphatic carbocycles. The normalized spacial score (nSPS) is 16.7. The molecule has 0 fully saturated rings. The second-order valence-electron chi connectivity index (χ2n) is 3.76. The highest BCUT2D eigenvalue weighted by molar-refractivity contribution is 5.82. The van der Waals surface area contributed by atoms with Crippen molar-refractivity contribution in [3.8, 4) is 0 Å². The maximum absolute atomic E-state index is 5.41. The van der Waals surface area contributed by atoms with Crippen LogP contribution in [0.3, 0.4) is 0 Å². The summed E-state index contributed by atoms with van der Waals surface area (Å²) >= 11 is 0. The quantitative estimate of drug-likeness (QED) is 0.538. The lowest BCUT2D eigenvalue weighted by Gasteiger charge is -2.08. The zero-order chi connectivity index (χ0) is 10.8. The van der Waals surface area contributed by atoms with Crippen molar-refractivity contribution in [1.29, 1.82) is 0 Å². The Hall–Kier alpha value is -0.830. The highest BCUT2D eigenvalue weighted by atomic mass is 16.5. The first-order chi connectivity index (χ1) is 7.43. The van der Waals surface area contributed by atoms with Gasteiger partial charge in [-0.3, -0.25) is 4.99 Å². The number of hydrogen-bond acceptors (Lipinski definition) is 3. The Kier molecular flexibility index (Phi) is 6.92. The average molecular weight is 210 g/mol. The Morgan fingerprint density at radius 1 is 1.33 bits per heavy atom. The molecule has 15 heavy (non-hydrogen) atoms. The topological polar surface area (TPSA) is 33.6 Å². The van der Waals surface area contributed by atoms with E-state index >= 15 is 0 Å². The summed E-state index contributed by atoms with van der Waals surface area (Å²) in [7, 11) is 0. The van der Waals surface area contributed by atoms with Crippen molar-refractivity contribution < 1.29 is 4.74 Å². The predicted molar refractivity (Wildman–Crippen MR) is 64.4 cm³/mol. The summed E-state index contributed by atoms with van der Waals surface area (Å²) in [6, 6.07) is 0. The van der Waals surface area contributed by atoms with Gasteiger partial charge in [0.2, 0.25) is 0 Å². The minimum atomic E-state index is 0.757. The van der Waals surface area contributed by atoms with Crippen molar-refractivity contribution in [2.45, 2.75) is 32.1 Å². The van der Waals surface area contributed by atoms with Crippen LogP contribution in [0.15, 0.2) is 17.6 Å². The number of hydrogen-bond donors (Lipinski definition) is 1. The van der Waals surface area contributed by atoms with E-state index in [9.17, 15) is 0 Å². The summed E-state index contributed by atoms with van der Waals surface area (Å²) in [4.78, 5) is 4.49. The van der Waals surface area contributed by atoms with Gasteiger partial charge in [-0.15, -0.1) is 6.58 Å². The van der Waals surface area contributed by atoms with E-state index in [2.05, 4.69) is 16.9 Å². The second-order valence-corrected chi connectivity index (χ2v) is 3.76. The molecule has 0 spiro atoms. The van der Waals surface area contributed by atoms with Crippen molar-refractivity contribution in [2.75, 3.05) is 26.3 Å². The molecule has 0 unspecified atom stereocenters. The van der Waals surface area contributed by atoms with Crippen molar-refractivity contribution >= 4 is 5.84 Å². The summed E-state index contributed by atoms with van der Waals surface area (Å²) in [6.45, 7) is 7.04. The fourth-order valence-electron chi connectivity index (χ4n) is 1.55. The molecule has 1 heterocycles. The van der Waals surface area contributed by atoms with Gasteiger partial charge in [0, 0.05) is 19.5 Å². The molecule has 86 valence electrons. The van der Waals surface area contributed by atoms with E-state index < -0.39 is 0 Å². The van der Waals surface area contributed by atoms with Gasteiger partial charge in [-0.25, -0.2) is 0 Å². The first kappa shape index (κ1) is 12.2. The minimum Gasteiger partial charge on any atom is -0.379 e. The molecule has 1 rings (SSSR count). The van der Waals surface area contributed by atoms with E-state index in [0.717, 1.165) is 39.1 Å². The summed E-state index contributed by atoms with van der Waals surface area (Å²) < 4.78 is 5.41. The molecule has 3 heteroatoms. The zero-order valence-electron chi connectivity index (χ0n) is 9.50. The Bertz CT molecular complexity index is 202. The van der Waals surface area contributed by atoms with E-state index in [4.69, 9.17) is 4.74 Å². The lowest BCUT2D eigenvalue weighted by Crippen LogP contribution is -2.27. The van der Waals surface area contributed by atoms with Gasteiger partial charge in [0.25, 0.3) is 0 Å². The Labute approximate surface area is 92.6 Å². The van der Waals surface area contributed by atoms with Crippen LogP contribution in [0, 0.1) is 0 Å². The maximum Gasteiger partial charge on any atom is 0.0963 e. The van der Waals surface area contributed by atoms with E-state index in [1.807, 2.05) is 6.08 Å². The molecule has 0 aromatic rings. The van der Waals surface area contributed by atoms with Gasteiger partial charge in [0.05, 0.1) is 19.0 Å². The van der Waals surface area contributed by atoms with Crippen LogP contribution in [-0.4, -0.2) is 32.1 Å². The van der Waals surface area contributed by atoms with Crippen LogP contribution < -0.4 is 5.32 Å². The smallest absolute Gasteiger partial charge is 0.0963 e. The molecule has 1 N–H and O–H groups in total. The number of rotatable bonds is 6. The van der Waals surface area contributed by atoms with Crippen LogP contribution in [0.5, 0.6) is 0 Å². The predicted octanol–water partition coefficient (Wildman–Crippen LogP) is 2.14. The molecular formula is C12H22N2O. The standard InChI is InChI=1S/C12H22N2O/c1-2-3-10-15-11-9-14-12-7-5-4-6-8-13-12/h2H,1,3-11H2,(H,13,14). The summed E-state index contributed by atoms with van der Waals surface area (Å²) in [6.07, 6.45) is 7.73. The largest absolute Gasteiger partial charge is 0.379 e.